The molecule has 1 aromatic heterocycles. The van der Waals surface area contributed by atoms with E-state index in [1.165, 1.54) is 25.3 Å². The molecule has 0 amide bonds. The van der Waals surface area contributed by atoms with Gasteiger partial charge in [0.1, 0.15) is 5.76 Å². The molecule has 1 aromatic carbocycles. The van der Waals surface area contributed by atoms with Gasteiger partial charge in [-0.05, 0) is 25.5 Å². The van der Waals surface area contributed by atoms with E-state index in [-0.39, 0.29) is 11.1 Å². The van der Waals surface area contributed by atoms with E-state index in [2.05, 4.69) is 5.43 Å². The molecule has 0 aliphatic carbocycles. The molecule has 18 heavy (non-hydrogen) atoms. The molecule has 96 valence electrons. The third-order valence-electron chi connectivity index (χ3n) is 2.99. The molecule has 0 spiro atoms. The van der Waals surface area contributed by atoms with Crippen LogP contribution in [-0.2, 0) is 0 Å². The maximum atomic E-state index is 13.9. The maximum absolute atomic E-state index is 13.9. The van der Waals surface area contributed by atoms with Gasteiger partial charge in [0.05, 0.1) is 12.3 Å². The smallest absolute Gasteiger partial charge is 0.164 e. The second kappa shape index (κ2) is 4.88. The molecule has 0 radical (unpaired) electrons. The van der Waals surface area contributed by atoms with Gasteiger partial charge in [-0.25, -0.2) is 14.2 Å². The summed E-state index contributed by atoms with van der Waals surface area (Å²) >= 11 is 0. The Hall–Kier alpha value is -1.72. The molecule has 1 atom stereocenters. The normalized spacial score (nSPS) is 12.7. The molecule has 1 unspecified atom stereocenters. The highest BCUT2D eigenvalue weighted by atomic mass is 19.2. The summed E-state index contributed by atoms with van der Waals surface area (Å²) in [4.78, 5) is 0. The number of furan rings is 1. The van der Waals surface area contributed by atoms with Crippen molar-refractivity contribution in [2.75, 3.05) is 0 Å². The molecule has 3 nitrogen and oxygen atoms in total. The third-order valence-corrected chi connectivity index (χ3v) is 2.99. The number of nitrogens with two attached hydrogens (primary N) is 1. The van der Waals surface area contributed by atoms with Crippen LogP contribution in [0.1, 0.15) is 28.5 Å². The van der Waals surface area contributed by atoms with E-state index >= 15 is 0 Å². The first-order chi connectivity index (χ1) is 8.56. The number of rotatable bonds is 3. The highest BCUT2D eigenvalue weighted by molar-refractivity contribution is 5.36. The Morgan fingerprint density at radius 1 is 1.11 bits per heavy atom. The minimum Gasteiger partial charge on any atom is -0.469 e. The summed E-state index contributed by atoms with van der Waals surface area (Å²) in [6.07, 6.45) is 1.48. The SMILES string of the molecule is Cc1ccc(C(NN)c2ccoc2C)c(F)c1F. The van der Waals surface area contributed by atoms with E-state index in [9.17, 15) is 8.78 Å². The maximum Gasteiger partial charge on any atom is 0.164 e. The first-order valence-electron chi connectivity index (χ1n) is 5.51. The summed E-state index contributed by atoms with van der Waals surface area (Å²) in [6.45, 7) is 3.25. The third kappa shape index (κ3) is 2.02. The van der Waals surface area contributed by atoms with Crippen LogP contribution in [0.4, 0.5) is 8.78 Å². The average molecular weight is 252 g/mol. The summed E-state index contributed by atoms with van der Waals surface area (Å²) in [5.74, 6) is 4.31. The van der Waals surface area contributed by atoms with Gasteiger partial charge in [0.25, 0.3) is 0 Å². The van der Waals surface area contributed by atoms with Crippen LogP contribution in [0.25, 0.3) is 0 Å². The summed E-state index contributed by atoms with van der Waals surface area (Å²) in [5, 5.41) is 0. The van der Waals surface area contributed by atoms with Crippen molar-refractivity contribution in [3.63, 3.8) is 0 Å². The number of nitrogens with one attached hydrogen (secondary N) is 1. The van der Waals surface area contributed by atoms with Gasteiger partial charge in [-0.1, -0.05) is 12.1 Å². The van der Waals surface area contributed by atoms with Crippen LogP contribution in [0.5, 0.6) is 0 Å². The molecule has 1 heterocycles. The Balaban J connectivity index is 2.53. The Morgan fingerprint density at radius 3 is 2.39 bits per heavy atom. The Kier molecular flexibility index (Phi) is 3.45. The summed E-state index contributed by atoms with van der Waals surface area (Å²) in [5.41, 5.74) is 3.58. The fourth-order valence-corrected chi connectivity index (χ4v) is 1.93. The van der Waals surface area contributed by atoms with Crippen molar-refractivity contribution >= 4 is 0 Å². The van der Waals surface area contributed by atoms with Crippen molar-refractivity contribution in [3.05, 3.63) is 58.5 Å². The second-order valence-electron chi connectivity index (χ2n) is 4.13. The van der Waals surface area contributed by atoms with Crippen LogP contribution in [0.2, 0.25) is 0 Å². The molecular weight excluding hydrogens is 238 g/mol. The average Bonchev–Trinajstić information content (AvgIpc) is 2.77. The van der Waals surface area contributed by atoms with Crippen LogP contribution in [-0.4, -0.2) is 0 Å². The van der Waals surface area contributed by atoms with Gasteiger partial charge < -0.3 is 4.42 Å². The molecule has 0 saturated carbocycles. The fraction of sp³-hybridized carbons (Fsp3) is 0.231. The molecule has 0 saturated heterocycles. The number of halogens is 2. The van der Waals surface area contributed by atoms with Crippen molar-refractivity contribution in [1.29, 1.82) is 0 Å². The lowest BCUT2D eigenvalue weighted by Gasteiger charge is -2.17. The van der Waals surface area contributed by atoms with Crippen molar-refractivity contribution < 1.29 is 13.2 Å². The molecule has 0 aliphatic rings. The molecule has 0 fully saturated rings. The Bertz CT molecular complexity index is 566. The zero-order chi connectivity index (χ0) is 13.3. The lowest BCUT2D eigenvalue weighted by molar-refractivity contribution is 0.474. The molecule has 5 heteroatoms. The number of hydrogen-bond donors (Lipinski definition) is 2. The first-order valence-corrected chi connectivity index (χ1v) is 5.51. The van der Waals surface area contributed by atoms with Gasteiger partial charge in [-0.2, -0.15) is 0 Å². The number of hydrogen-bond acceptors (Lipinski definition) is 3. The van der Waals surface area contributed by atoms with Crippen LogP contribution < -0.4 is 11.3 Å². The van der Waals surface area contributed by atoms with Gasteiger partial charge in [0.2, 0.25) is 0 Å². The zero-order valence-corrected chi connectivity index (χ0v) is 10.1. The van der Waals surface area contributed by atoms with Gasteiger partial charge in [0.15, 0.2) is 11.6 Å². The number of aryl methyl sites for hydroxylation is 2. The topological polar surface area (TPSA) is 51.2 Å². The number of hydrazine groups is 1. The molecule has 0 bridgehead atoms. The Labute approximate surface area is 104 Å². The van der Waals surface area contributed by atoms with Gasteiger partial charge >= 0.3 is 0 Å². The Morgan fingerprint density at radius 2 is 1.83 bits per heavy atom. The largest absolute Gasteiger partial charge is 0.469 e. The molecule has 0 aliphatic heterocycles. The lowest BCUT2D eigenvalue weighted by Crippen LogP contribution is -2.30. The van der Waals surface area contributed by atoms with Crippen molar-refractivity contribution in [3.8, 4) is 0 Å². The van der Waals surface area contributed by atoms with E-state index in [1.807, 2.05) is 0 Å². The quantitative estimate of drug-likeness (QED) is 0.652. The molecule has 3 N–H and O–H groups in total. The molecular formula is C13H14F2N2O. The first kappa shape index (κ1) is 12.7. The van der Waals surface area contributed by atoms with Crippen LogP contribution in [0, 0.1) is 25.5 Å². The standard InChI is InChI=1S/C13H14F2N2O/c1-7-3-4-10(12(15)11(7)14)13(17-16)9-5-6-18-8(9)2/h3-6,13,17H,16H2,1-2H3. The van der Waals surface area contributed by atoms with E-state index in [0.29, 0.717) is 11.3 Å². The monoisotopic (exact) mass is 252 g/mol. The highest BCUT2D eigenvalue weighted by Crippen LogP contribution is 2.28. The predicted molar refractivity (Wildman–Crippen MR) is 63.7 cm³/mol. The second-order valence-corrected chi connectivity index (χ2v) is 4.13. The van der Waals surface area contributed by atoms with Gasteiger partial charge in [0, 0.05) is 11.1 Å². The number of benzene rings is 1. The summed E-state index contributed by atoms with van der Waals surface area (Å²) < 4.78 is 32.6. The van der Waals surface area contributed by atoms with Crippen LogP contribution >= 0.6 is 0 Å². The van der Waals surface area contributed by atoms with E-state index in [4.69, 9.17) is 10.3 Å². The molecule has 2 aromatic rings. The zero-order valence-electron chi connectivity index (χ0n) is 10.1. The predicted octanol–water partition coefficient (Wildman–Crippen LogP) is 2.73. The van der Waals surface area contributed by atoms with Crippen LogP contribution in [0.15, 0.2) is 28.9 Å². The van der Waals surface area contributed by atoms with E-state index < -0.39 is 17.7 Å². The minimum atomic E-state index is -0.890. The van der Waals surface area contributed by atoms with Crippen molar-refractivity contribution in [1.82, 2.24) is 5.43 Å². The van der Waals surface area contributed by atoms with Crippen molar-refractivity contribution in [2.24, 2.45) is 5.84 Å². The molecule has 2 rings (SSSR count). The van der Waals surface area contributed by atoms with Crippen molar-refractivity contribution in [2.45, 2.75) is 19.9 Å². The van der Waals surface area contributed by atoms with E-state index in [0.717, 1.165) is 0 Å². The van der Waals surface area contributed by atoms with E-state index in [1.54, 1.807) is 13.0 Å². The van der Waals surface area contributed by atoms with Gasteiger partial charge in [-0.3, -0.25) is 5.84 Å². The summed E-state index contributed by atoms with van der Waals surface area (Å²) in [7, 11) is 0. The lowest BCUT2D eigenvalue weighted by atomic mass is 9.98. The van der Waals surface area contributed by atoms with Gasteiger partial charge in [-0.15, -0.1) is 0 Å². The van der Waals surface area contributed by atoms with Crippen LogP contribution in [0.3, 0.4) is 0 Å². The fourth-order valence-electron chi connectivity index (χ4n) is 1.93. The highest BCUT2D eigenvalue weighted by Gasteiger charge is 2.22. The minimum absolute atomic E-state index is 0.158. The summed E-state index contributed by atoms with van der Waals surface area (Å²) in [6, 6.07) is 4.08.